The van der Waals surface area contributed by atoms with Gasteiger partial charge in [0.15, 0.2) is 0 Å². The maximum absolute atomic E-state index is 9.30. The fourth-order valence-electron chi connectivity index (χ4n) is 2.93. The van der Waals surface area contributed by atoms with Gasteiger partial charge < -0.3 is 10.1 Å². The van der Waals surface area contributed by atoms with Crippen molar-refractivity contribution in [2.75, 3.05) is 11.6 Å². The first-order valence-electron chi connectivity index (χ1n) is 6.31. The highest BCUT2D eigenvalue weighted by Crippen LogP contribution is 2.37. The van der Waals surface area contributed by atoms with Gasteiger partial charge in [-0.15, -0.1) is 11.8 Å². The van der Waals surface area contributed by atoms with Crippen LogP contribution in [0.5, 0.6) is 0 Å². The Labute approximate surface area is 112 Å². The van der Waals surface area contributed by atoms with Crippen LogP contribution in [0.15, 0.2) is 23.1 Å². The standard InChI is InChI=1S/C14H16N2OS/c1-18-14-4-2-3-11(10(14)8-15)16-12-7-9-5-6-13(12)17-9/h2-4,9,12-13,16H,5-7H2,1H3. The van der Waals surface area contributed by atoms with E-state index in [0.29, 0.717) is 18.2 Å². The molecule has 3 rings (SSSR count). The van der Waals surface area contributed by atoms with E-state index >= 15 is 0 Å². The number of benzene rings is 1. The molecule has 3 nitrogen and oxygen atoms in total. The van der Waals surface area contributed by atoms with E-state index < -0.39 is 0 Å². The fraction of sp³-hybridized carbons (Fsp3) is 0.500. The third-order valence-electron chi connectivity index (χ3n) is 3.80. The second-order valence-corrected chi connectivity index (χ2v) is 5.70. The molecule has 2 saturated heterocycles. The molecule has 2 aliphatic rings. The van der Waals surface area contributed by atoms with Gasteiger partial charge in [0.25, 0.3) is 0 Å². The quantitative estimate of drug-likeness (QED) is 0.849. The number of rotatable bonds is 3. The Hall–Kier alpha value is -1.18. The average molecular weight is 260 g/mol. The molecule has 18 heavy (non-hydrogen) atoms. The Balaban J connectivity index is 1.83. The van der Waals surface area contributed by atoms with E-state index in [1.807, 2.05) is 24.5 Å². The molecular weight excluding hydrogens is 244 g/mol. The fourth-order valence-corrected chi connectivity index (χ4v) is 3.50. The molecule has 0 saturated carbocycles. The molecule has 94 valence electrons. The first-order valence-corrected chi connectivity index (χ1v) is 7.53. The Bertz CT molecular complexity index is 497. The van der Waals surface area contributed by atoms with Gasteiger partial charge in [-0.1, -0.05) is 6.07 Å². The van der Waals surface area contributed by atoms with Crippen molar-refractivity contribution in [3.63, 3.8) is 0 Å². The maximum Gasteiger partial charge on any atom is 0.102 e. The lowest BCUT2D eigenvalue weighted by Crippen LogP contribution is -2.30. The Kier molecular flexibility index (Phi) is 3.19. The predicted octanol–water partition coefficient (Wildman–Crippen LogP) is 3.01. The van der Waals surface area contributed by atoms with Crippen molar-refractivity contribution in [2.24, 2.45) is 0 Å². The van der Waals surface area contributed by atoms with Crippen LogP contribution in [0.2, 0.25) is 0 Å². The molecule has 2 bridgehead atoms. The van der Waals surface area contributed by atoms with Crippen LogP contribution >= 0.6 is 11.8 Å². The van der Waals surface area contributed by atoms with E-state index in [1.54, 1.807) is 11.8 Å². The van der Waals surface area contributed by atoms with Crippen molar-refractivity contribution in [3.8, 4) is 6.07 Å². The third-order valence-corrected chi connectivity index (χ3v) is 4.58. The predicted molar refractivity (Wildman–Crippen MR) is 72.9 cm³/mol. The van der Waals surface area contributed by atoms with Crippen LogP contribution in [-0.2, 0) is 4.74 Å². The van der Waals surface area contributed by atoms with Crippen LogP contribution in [0.1, 0.15) is 24.8 Å². The number of anilines is 1. The lowest BCUT2D eigenvalue weighted by molar-refractivity contribution is 0.102. The summed E-state index contributed by atoms with van der Waals surface area (Å²) in [6, 6.07) is 8.66. The number of thioether (sulfide) groups is 1. The normalized spacial score (nSPS) is 29.2. The van der Waals surface area contributed by atoms with Crippen LogP contribution < -0.4 is 5.32 Å². The lowest BCUT2D eigenvalue weighted by Gasteiger charge is -2.22. The first kappa shape index (κ1) is 11.9. The minimum absolute atomic E-state index is 0.333. The molecule has 0 radical (unpaired) electrons. The van der Waals surface area contributed by atoms with E-state index in [2.05, 4.69) is 11.4 Å². The summed E-state index contributed by atoms with van der Waals surface area (Å²) in [7, 11) is 0. The highest BCUT2D eigenvalue weighted by Gasteiger charge is 2.40. The number of hydrogen-bond donors (Lipinski definition) is 1. The Morgan fingerprint density at radius 3 is 2.94 bits per heavy atom. The second kappa shape index (κ2) is 4.83. The smallest absolute Gasteiger partial charge is 0.102 e. The largest absolute Gasteiger partial charge is 0.378 e. The summed E-state index contributed by atoms with van der Waals surface area (Å²) in [5, 5.41) is 12.8. The summed E-state index contributed by atoms with van der Waals surface area (Å²) in [5.74, 6) is 0. The Morgan fingerprint density at radius 1 is 1.44 bits per heavy atom. The van der Waals surface area contributed by atoms with E-state index in [-0.39, 0.29) is 0 Å². The van der Waals surface area contributed by atoms with Gasteiger partial charge in [-0.25, -0.2) is 0 Å². The van der Waals surface area contributed by atoms with E-state index in [4.69, 9.17) is 4.74 Å². The lowest BCUT2D eigenvalue weighted by atomic mass is 9.95. The summed E-state index contributed by atoms with van der Waals surface area (Å²) in [4.78, 5) is 1.03. The molecule has 3 atom stereocenters. The molecule has 1 aromatic rings. The highest BCUT2D eigenvalue weighted by molar-refractivity contribution is 7.98. The molecule has 1 aromatic carbocycles. The zero-order valence-electron chi connectivity index (χ0n) is 10.3. The topological polar surface area (TPSA) is 45.0 Å². The number of nitrogens with zero attached hydrogens (tertiary/aromatic N) is 1. The third kappa shape index (κ3) is 1.98. The number of nitrogens with one attached hydrogen (secondary N) is 1. The van der Waals surface area contributed by atoms with Crippen molar-refractivity contribution in [1.29, 1.82) is 5.26 Å². The van der Waals surface area contributed by atoms with Gasteiger partial charge in [-0.2, -0.15) is 5.26 Å². The SMILES string of the molecule is CSc1cccc(NC2CC3CCC2O3)c1C#N. The van der Waals surface area contributed by atoms with Crippen LogP contribution in [0.4, 0.5) is 5.69 Å². The molecule has 0 aliphatic carbocycles. The van der Waals surface area contributed by atoms with Crippen LogP contribution in [0, 0.1) is 11.3 Å². The minimum Gasteiger partial charge on any atom is -0.378 e. The molecule has 4 heteroatoms. The molecule has 1 N–H and O–H groups in total. The second-order valence-electron chi connectivity index (χ2n) is 4.86. The zero-order chi connectivity index (χ0) is 12.5. The van der Waals surface area contributed by atoms with Gasteiger partial charge >= 0.3 is 0 Å². The maximum atomic E-state index is 9.30. The molecule has 0 spiro atoms. The van der Waals surface area contributed by atoms with Gasteiger partial charge in [0.05, 0.1) is 29.5 Å². The first-order chi connectivity index (χ1) is 8.81. The van der Waals surface area contributed by atoms with E-state index in [0.717, 1.165) is 29.0 Å². The summed E-state index contributed by atoms with van der Waals surface area (Å²) in [6.45, 7) is 0. The van der Waals surface area contributed by atoms with Crippen LogP contribution in [0.25, 0.3) is 0 Å². The van der Waals surface area contributed by atoms with Gasteiger partial charge in [-0.05, 0) is 37.7 Å². The molecule has 0 aromatic heterocycles. The zero-order valence-corrected chi connectivity index (χ0v) is 11.2. The van der Waals surface area contributed by atoms with Crippen LogP contribution in [0.3, 0.4) is 0 Å². The summed E-state index contributed by atoms with van der Waals surface area (Å²) in [5.41, 5.74) is 1.71. The summed E-state index contributed by atoms with van der Waals surface area (Å²) >= 11 is 1.61. The number of ether oxygens (including phenoxy) is 1. The monoisotopic (exact) mass is 260 g/mol. The Morgan fingerprint density at radius 2 is 2.33 bits per heavy atom. The van der Waals surface area contributed by atoms with E-state index in [9.17, 15) is 5.26 Å². The number of fused-ring (bicyclic) bond motifs is 2. The van der Waals surface area contributed by atoms with Gasteiger partial charge in [0, 0.05) is 4.90 Å². The van der Waals surface area contributed by atoms with Crippen molar-refractivity contribution in [1.82, 2.24) is 0 Å². The van der Waals surface area contributed by atoms with Crippen molar-refractivity contribution < 1.29 is 4.74 Å². The molecule has 2 heterocycles. The van der Waals surface area contributed by atoms with Crippen LogP contribution in [-0.4, -0.2) is 24.5 Å². The van der Waals surface area contributed by atoms with Crippen molar-refractivity contribution >= 4 is 17.4 Å². The number of nitriles is 1. The molecule has 0 amide bonds. The highest BCUT2D eigenvalue weighted by atomic mass is 32.2. The molecule has 3 unspecified atom stereocenters. The van der Waals surface area contributed by atoms with Crippen molar-refractivity contribution in [2.45, 2.75) is 42.4 Å². The summed E-state index contributed by atoms with van der Waals surface area (Å²) < 4.78 is 5.84. The van der Waals surface area contributed by atoms with Gasteiger partial charge in [0.1, 0.15) is 6.07 Å². The van der Waals surface area contributed by atoms with Gasteiger partial charge in [-0.3, -0.25) is 0 Å². The number of hydrogen-bond acceptors (Lipinski definition) is 4. The van der Waals surface area contributed by atoms with Gasteiger partial charge in [0.2, 0.25) is 0 Å². The average Bonchev–Trinajstić information content (AvgIpc) is 3.00. The molecule has 2 aliphatic heterocycles. The van der Waals surface area contributed by atoms with Crippen molar-refractivity contribution in [3.05, 3.63) is 23.8 Å². The summed E-state index contributed by atoms with van der Waals surface area (Å²) in [6.07, 6.45) is 6.17. The molecule has 2 fully saturated rings. The minimum atomic E-state index is 0.333. The molecular formula is C14H16N2OS. The van der Waals surface area contributed by atoms with E-state index in [1.165, 1.54) is 6.42 Å².